The molecule has 0 aromatic heterocycles. The van der Waals surface area contributed by atoms with Gasteiger partial charge in [0, 0.05) is 17.6 Å². The van der Waals surface area contributed by atoms with Crippen molar-refractivity contribution in [3.8, 4) is 0 Å². The Labute approximate surface area is 121 Å². The molecule has 2 aliphatic carbocycles. The first-order valence-corrected chi connectivity index (χ1v) is 7.86. The molecule has 108 valence electrons. The summed E-state index contributed by atoms with van der Waals surface area (Å²) in [6, 6.07) is 7.19. The van der Waals surface area contributed by atoms with E-state index >= 15 is 0 Å². The van der Waals surface area contributed by atoms with Gasteiger partial charge < -0.3 is 10.6 Å². The largest absolute Gasteiger partial charge is 0.349 e. The summed E-state index contributed by atoms with van der Waals surface area (Å²) in [6.07, 6.45) is 8.02. The van der Waals surface area contributed by atoms with Gasteiger partial charge in [-0.05, 0) is 75.3 Å². The van der Waals surface area contributed by atoms with Crippen LogP contribution in [0.25, 0.3) is 0 Å². The fraction of sp³-hybridized carbons (Fsp3) is 0.588. The van der Waals surface area contributed by atoms with Crippen LogP contribution < -0.4 is 10.6 Å². The number of carbonyl (C=O) groups is 1. The highest BCUT2D eigenvalue weighted by Gasteiger charge is 2.22. The lowest BCUT2D eigenvalue weighted by Gasteiger charge is -2.28. The van der Waals surface area contributed by atoms with E-state index in [0.29, 0.717) is 12.1 Å². The topological polar surface area (TPSA) is 41.1 Å². The fourth-order valence-electron chi connectivity index (χ4n) is 3.51. The summed E-state index contributed by atoms with van der Waals surface area (Å²) in [5, 5.41) is 6.53. The van der Waals surface area contributed by atoms with Gasteiger partial charge in [-0.2, -0.15) is 0 Å². The second-order valence-corrected chi connectivity index (χ2v) is 6.15. The van der Waals surface area contributed by atoms with Crippen molar-refractivity contribution in [2.45, 2.75) is 57.0 Å². The Hall–Kier alpha value is -1.35. The van der Waals surface area contributed by atoms with Gasteiger partial charge in [0.1, 0.15) is 0 Å². The van der Waals surface area contributed by atoms with Crippen molar-refractivity contribution in [3.63, 3.8) is 0 Å². The first kappa shape index (κ1) is 13.6. The summed E-state index contributed by atoms with van der Waals surface area (Å²) in [6.45, 7) is 0. The summed E-state index contributed by atoms with van der Waals surface area (Å²) in [5.74, 6) is 0.104. The highest BCUT2D eigenvalue weighted by atomic mass is 16.1. The molecular formula is C17H24N2O. The normalized spacial score (nSPS) is 25.2. The van der Waals surface area contributed by atoms with Gasteiger partial charge in [0.05, 0.1) is 0 Å². The predicted molar refractivity (Wildman–Crippen MR) is 81.0 cm³/mol. The third-order valence-corrected chi connectivity index (χ3v) is 4.83. The number of carbonyl (C=O) groups excluding carboxylic acids is 1. The molecule has 0 heterocycles. The van der Waals surface area contributed by atoms with E-state index in [1.165, 1.54) is 24.0 Å². The average molecular weight is 272 g/mol. The van der Waals surface area contributed by atoms with E-state index in [1.807, 2.05) is 13.1 Å². The van der Waals surface area contributed by atoms with Crippen molar-refractivity contribution in [3.05, 3.63) is 34.9 Å². The molecule has 0 bridgehead atoms. The molecule has 0 atom stereocenters. The molecule has 0 radical (unpaired) electrons. The molecule has 2 aliphatic rings. The van der Waals surface area contributed by atoms with Crippen LogP contribution in [0, 0.1) is 0 Å². The van der Waals surface area contributed by atoms with Crippen LogP contribution in [0.2, 0.25) is 0 Å². The maximum atomic E-state index is 12.3. The fourth-order valence-corrected chi connectivity index (χ4v) is 3.51. The summed E-state index contributed by atoms with van der Waals surface area (Å²) in [7, 11) is 2.02. The van der Waals surface area contributed by atoms with Gasteiger partial charge in [0.2, 0.25) is 0 Å². The van der Waals surface area contributed by atoms with E-state index in [2.05, 4.69) is 22.8 Å². The first-order chi connectivity index (χ1) is 9.76. The van der Waals surface area contributed by atoms with Gasteiger partial charge in [0.25, 0.3) is 5.91 Å². The molecule has 2 N–H and O–H groups in total. The molecule has 3 heteroatoms. The number of aryl methyl sites for hydroxylation is 2. The Bertz CT molecular complexity index is 490. The van der Waals surface area contributed by atoms with Crippen LogP contribution in [0.5, 0.6) is 0 Å². The lowest BCUT2D eigenvalue weighted by molar-refractivity contribution is 0.0924. The highest BCUT2D eigenvalue weighted by molar-refractivity contribution is 5.94. The van der Waals surface area contributed by atoms with Crippen LogP contribution in [0.1, 0.15) is 53.6 Å². The second-order valence-electron chi connectivity index (χ2n) is 6.15. The maximum absolute atomic E-state index is 12.3. The average Bonchev–Trinajstić information content (AvgIpc) is 2.95. The van der Waals surface area contributed by atoms with Gasteiger partial charge in [-0.1, -0.05) is 6.07 Å². The van der Waals surface area contributed by atoms with E-state index in [-0.39, 0.29) is 5.91 Å². The second kappa shape index (κ2) is 5.96. The van der Waals surface area contributed by atoms with Gasteiger partial charge in [-0.25, -0.2) is 0 Å². The van der Waals surface area contributed by atoms with E-state index in [4.69, 9.17) is 0 Å². The molecule has 1 aromatic carbocycles. The minimum absolute atomic E-state index is 0.104. The zero-order valence-electron chi connectivity index (χ0n) is 12.2. The number of amides is 1. The van der Waals surface area contributed by atoms with Crippen LogP contribution in [0.3, 0.4) is 0 Å². The number of hydrogen-bond donors (Lipinski definition) is 2. The molecule has 0 saturated heterocycles. The summed E-state index contributed by atoms with van der Waals surface area (Å²) in [5.41, 5.74) is 3.63. The van der Waals surface area contributed by atoms with Crippen LogP contribution in [-0.4, -0.2) is 25.0 Å². The minimum Gasteiger partial charge on any atom is -0.349 e. The molecule has 1 aromatic rings. The monoisotopic (exact) mass is 272 g/mol. The molecule has 0 unspecified atom stereocenters. The molecule has 3 nitrogen and oxygen atoms in total. The summed E-state index contributed by atoms with van der Waals surface area (Å²) < 4.78 is 0. The van der Waals surface area contributed by atoms with Gasteiger partial charge in [-0.15, -0.1) is 0 Å². The van der Waals surface area contributed by atoms with Crippen molar-refractivity contribution in [2.75, 3.05) is 7.05 Å². The van der Waals surface area contributed by atoms with Crippen molar-refractivity contribution in [1.82, 2.24) is 10.6 Å². The molecule has 20 heavy (non-hydrogen) atoms. The van der Waals surface area contributed by atoms with E-state index in [1.54, 1.807) is 0 Å². The SMILES string of the molecule is CNC1CCC(NC(=O)c2ccc3c(c2)CCC3)CC1. The number of rotatable bonds is 3. The van der Waals surface area contributed by atoms with Crippen molar-refractivity contribution in [1.29, 1.82) is 0 Å². The minimum atomic E-state index is 0.104. The third-order valence-electron chi connectivity index (χ3n) is 4.83. The third kappa shape index (κ3) is 2.88. The molecule has 0 spiro atoms. The predicted octanol–water partition coefficient (Wildman–Crippen LogP) is 2.44. The molecular weight excluding hydrogens is 248 g/mol. The van der Waals surface area contributed by atoms with Crippen molar-refractivity contribution >= 4 is 5.91 Å². The van der Waals surface area contributed by atoms with Crippen LogP contribution in [-0.2, 0) is 12.8 Å². The summed E-state index contributed by atoms with van der Waals surface area (Å²) >= 11 is 0. The van der Waals surface area contributed by atoms with Crippen LogP contribution in [0.15, 0.2) is 18.2 Å². The lowest BCUT2D eigenvalue weighted by atomic mass is 9.91. The van der Waals surface area contributed by atoms with Crippen LogP contribution in [0.4, 0.5) is 0 Å². The van der Waals surface area contributed by atoms with E-state index < -0.39 is 0 Å². The Morgan fingerprint density at radius 2 is 1.75 bits per heavy atom. The van der Waals surface area contributed by atoms with Crippen molar-refractivity contribution in [2.24, 2.45) is 0 Å². The number of fused-ring (bicyclic) bond motifs is 1. The Kier molecular flexibility index (Phi) is 4.06. The number of benzene rings is 1. The molecule has 0 aliphatic heterocycles. The van der Waals surface area contributed by atoms with Crippen molar-refractivity contribution < 1.29 is 4.79 Å². The lowest BCUT2D eigenvalue weighted by Crippen LogP contribution is -2.41. The smallest absolute Gasteiger partial charge is 0.251 e. The first-order valence-electron chi connectivity index (χ1n) is 7.86. The molecule has 1 saturated carbocycles. The summed E-state index contributed by atoms with van der Waals surface area (Å²) in [4.78, 5) is 12.3. The Balaban J connectivity index is 1.59. The quantitative estimate of drug-likeness (QED) is 0.887. The Morgan fingerprint density at radius 3 is 2.50 bits per heavy atom. The molecule has 1 amide bonds. The number of nitrogens with one attached hydrogen (secondary N) is 2. The van der Waals surface area contributed by atoms with Crippen LogP contribution >= 0.6 is 0 Å². The zero-order chi connectivity index (χ0) is 13.9. The van der Waals surface area contributed by atoms with Gasteiger partial charge in [-0.3, -0.25) is 4.79 Å². The molecule has 1 fully saturated rings. The maximum Gasteiger partial charge on any atom is 0.251 e. The van der Waals surface area contributed by atoms with E-state index in [0.717, 1.165) is 37.7 Å². The molecule has 3 rings (SSSR count). The highest BCUT2D eigenvalue weighted by Crippen LogP contribution is 2.23. The zero-order valence-corrected chi connectivity index (χ0v) is 12.2. The number of hydrogen-bond acceptors (Lipinski definition) is 2. The standard InChI is InChI=1S/C17H24N2O/c1-18-15-7-9-16(10-8-15)19-17(20)14-6-5-12-3-2-4-13(12)11-14/h5-6,11,15-16,18H,2-4,7-10H2,1H3,(H,19,20). The van der Waals surface area contributed by atoms with E-state index in [9.17, 15) is 4.79 Å². The Morgan fingerprint density at radius 1 is 1.05 bits per heavy atom. The van der Waals surface area contributed by atoms with Gasteiger partial charge >= 0.3 is 0 Å². The van der Waals surface area contributed by atoms with Gasteiger partial charge in [0.15, 0.2) is 0 Å².